The molecule has 35 heavy (non-hydrogen) atoms. The lowest BCUT2D eigenvalue weighted by Gasteiger charge is -2.13. The number of rotatable bonds is 9. The van der Waals surface area contributed by atoms with Crippen LogP contribution in [-0.2, 0) is 6.54 Å². The summed E-state index contributed by atoms with van der Waals surface area (Å²) in [4.78, 5) is 21.5. The minimum absolute atomic E-state index is 0.113. The van der Waals surface area contributed by atoms with E-state index in [1.54, 1.807) is 14.2 Å². The Balaban J connectivity index is 1.62. The first-order chi connectivity index (χ1) is 16.9. The van der Waals surface area contributed by atoms with Gasteiger partial charge in [0.15, 0.2) is 5.76 Å². The second-order valence-corrected chi connectivity index (χ2v) is 8.90. The van der Waals surface area contributed by atoms with Gasteiger partial charge in [0.25, 0.3) is 5.91 Å². The average Bonchev–Trinajstić information content (AvgIpc) is 3.47. The van der Waals surface area contributed by atoms with E-state index in [2.05, 4.69) is 34.3 Å². The number of amides is 1. The number of anilines is 1. The molecule has 10 heteroatoms. The summed E-state index contributed by atoms with van der Waals surface area (Å²) in [6.07, 6.45) is 5.38. The third-order valence-corrected chi connectivity index (χ3v) is 6.27. The number of hydrogen-bond acceptors (Lipinski definition) is 8. The molecule has 0 aliphatic heterocycles. The molecule has 0 bridgehead atoms. The van der Waals surface area contributed by atoms with Crippen LogP contribution >= 0.6 is 0 Å². The van der Waals surface area contributed by atoms with Crippen LogP contribution in [0, 0.1) is 0 Å². The Labute approximate surface area is 202 Å². The number of fused-ring (bicyclic) bond motifs is 1. The summed E-state index contributed by atoms with van der Waals surface area (Å²) in [7, 11) is 3.24. The van der Waals surface area contributed by atoms with Crippen LogP contribution in [0.1, 0.15) is 60.3 Å². The van der Waals surface area contributed by atoms with Gasteiger partial charge in [0.2, 0.25) is 0 Å². The molecule has 0 atom stereocenters. The molecule has 1 fully saturated rings. The summed E-state index contributed by atoms with van der Waals surface area (Å²) in [6.45, 7) is 4.57. The number of primary amides is 1. The number of hydrogen-bond donors (Lipinski definition) is 2. The predicted octanol–water partition coefficient (Wildman–Crippen LogP) is 4.27. The molecule has 3 aromatic heterocycles. The largest absolute Gasteiger partial charge is 0.497 e. The molecule has 0 radical (unpaired) electrons. The monoisotopic (exact) mass is 476 g/mol. The maximum absolute atomic E-state index is 12.4. The molecule has 4 aromatic rings. The molecule has 5 rings (SSSR count). The van der Waals surface area contributed by atoms with E-state index >= 15 is 0 Å². The smallest absolute Gasteiger partial charge is 0.254 e. The molecular weight excluding hydrogens is 448 g/mol. The van der Waals surface area contributed by atoms with Gasteiger partial charge in [0.1, 0.15) is 40.5 Å². The predicted molar refractivity (Wildman–Crippen MR) is 131 cm³/mol. The van der Waals surface area contributed by atoms with Crippen LogP contribution in [0.2, 0.25) is 0 Å². The van der Waals surface area contributed by atoms with Crippen molar-refractivity contribution in [3.05, 3.63) is 47.6 Å². The van der Waals surface area contributed by atoms with Crippen LogP contribution < -0.4 is 20.5 Å². The lowest BCUT2D eigenvalue weighted by Crippen LogP contribution is -2.13. The highest BCUT2D eigenvalue weighted by Crippen LogP contribution is 2.45. The molecule has 3 N–H and O–H groups in total. The van der Waals surface area contributed by atoms with Gasteiger partial charge >= 0.3 is 0 Å². The van der Waals surface area contributed by atoms with Gasteiger partial charge in [0, 0.05) is 41.9 Å². The number of aromatic nitrogens is 4. The number of nitrogens with one attached hydrogen (secondary N) is 1. The Morgan fingerprint density at radius 2 is 2.06 bits per heavy atom. The average molecular weight is 477 g/mol. The second kappa shape index (κ2) is 8.94. The van der Waals surface area contributed by atoms with Crippen molar-refractivity contribution in [1.29, 1.82) is 0 Å². The highest BCUT2D eigenvalue weighted by Gasteiger charge is 2.35. The molecule has 1 aromatic carbocycles. The second-order valence-electron chi connectivity index (χ2n) is 8.90. The maximum Gasteiger partial charge on any atom is 0.254 e. The fourth-order valence-electron chi connectivity index (χ4n) is 4.32. The van der Waals surface area contributed by atoms with Gasteiger partial charge in [-0.2, -0.15) is 0 Å². The van der Waals surface area contributed by atoms with Crippen LogP contribution in [0.25, 0.3) is 22.3 Å². The number of carbonyl (C=O) groups excluding carboxylic acids is 1. The van der Waals surface area contributed by atoms with Crippen LogP contribution in [0.3, 0.4) is 0 Å². The Hall–Kier alpha value is -4.08. The summed E-state index contributed by atoms with van der Waals surface area (Å²) in [5, 5.41) is 8.44. The normalized spacial score (nSPS) is 13.4. The highest BCUT2D eigenvalue weighted by atomic mass is 16.5. The van der Waals surface area contributed by atoms with Crippen molar-refractivity contribution in [1.82, 2.24) is 19.7 Å². The topological polar surface area (TPSA) is 130 Å². The van der Waals surface area contributed by atoms with Gasteiger partial charge in [-0.3, -0.25) is 4.79 Å². The zero-order valence-corrected chi connectivity index (χ0v) is 20.2. The fourth-order valence-corrected chi connectivity index (χ4v) is 4.32. The molecule has 182 valence electrons. The lowest BCUT2D eigenvalue weighted by molar-refractivity contribution is 0.0999. The molecule has 0 unspecified atom stereocenters. The van der Waals surface area contributed by atoms with Crippen LogP contribution in [-0.4, -0.2) is 39.8 Å². The van der Waals surface area contributed by atoms with E-state index in [1.165, 1.54) is 6.33 Å². The first-order valence-electron chi connectivity index (χ1n) is 11.5. The van der Waals surface area contributed by atoms with E-state index in [-0.39, 0.29) is 12.0 Å². The molecule has 0 saturated heterocycles. The van der Waals surface area contributed by atoms with E-state index in [9.17, 15) is 4.79 Å². The van der Waals surface area contributed by atoms with Crippen molar-refractivity contribution in [3.63, 3.8) is 0 Å². The van der Waals surface area contributed by atoms with Crippen molar-refractivity contribution < 1.29 is 18.8 Å². The minimum Gasteiger partial charge on any atom is -0.497 e. The molecular formula is C25H28N6O4. The zero-order valence-electron chi connectivity index (χ0n) is 20.2. The maximum atomic E-state index is 12.4. The van der Waals surface area contributed by atoms with Crippen molar-refractivity contribution in [2.24, 2.45) is 5.73 Å². The quantitative estimate of drug-likeness (QED) is 0.366. The molecule has 0 spiro atoms. The van der Waals surface area contributed by atoms with Crippen LogP contribution in [0.15, 0.2) is 35.2 Å². The van der Waals surface area contributed by atoms with E-state index in [0.29, 0.717) is 46.4 Å². The number of methoxy groups -OCH3 is 2. The standard InChI is InChI=1S/C25H28N6O4/c1-13(2)31-11-17(21-20(23(26)32)22(35-30-21)14-5-6-14)19-24(28-12-29-25(19)31)27-10-15-7-8-16(33-3)9-18(15)34-4/h7-9,11-14H,5-6,10H2,1-4H3,(H2,26,32)(H,27,28,29). The third kappa shape index (κ3) is 4.05. The minimum atomic E-state index is -0.553. The highest BCUT2D eigenvalue weighted by molar-refractivity contribution is 6.07. The first kappa shape index (κ1) is 22.7. The Bertz CT molecular complexity index is 1400. The summed E-state index contributed by atoms with van der Waals surface area (Å²) >= 11 is 0. The first-order valence-corrected chi connectivity index (χ1v) is 11.5. The lowest BCUT2D eigenvalue weighted by atomic mass is 10.0. The van der Waals surface area contributed by atoms with Gasteiger partial charge in [0.05, 0.1) is 19.6 Å². The number of ether oxygens (including phenoxy) is 2. The van der Waals surface area contributed by atoms with E-state index in [0.717, 1.165) is 29.4 Å². The third-order valence-electron chi connectivity index (χ3n) is 6.27. The van der Waals surface area contributed by atoms with Crippen LogP contribution in [0.5, 0.6) is 11.5 Å². The van der Waals surface area contributed by atoms with E-state index in [4.69, 9.17) is 19.7 Å². The molecule has 1 aliphatic rings. The van der Waals surface area contributed by atoms with Crippen molar-refractivity contribution in [2.75, 3.05) is 19.5 Å². The van der Waals surface area contributed by atoms with Crippen molar-refractivity contribution >= 4 is 22.8 Å². The number of carbonyl (C=O) groups is 1. The Morgan fingerprint density at radius 3 is 2.71 bits per heavy atom. The molecule has 1 amide bonds. The summed E-state index contributed by atoms with van der Waals surface area (Å²) in [5.41, 5.74) is 8.89. The van der Waals surface area contributed by atoms with Gasteiger partial charge in [-0.25, -0.2) is 9.97 Å². The van der Waals surface area contributed by atoms with E-state index < -0.39 is 5.91 Å². The molecule has 1 saturated carbocycles. The summed E-state index contributed by atoms with van der Waals surface area (Å²) in [6, 6.07) is 5.77. The summed E-state index contributed by atoms with van der Waals surface area (Å²) in [5.74, 6) is 2.21. The number of benzene rings is 1. The van der Waals surface area contributed by atoms with Crippen molar-refractivity contribution in [3.8, 4) is 22.8 Å². The fraction of sp³-hybridized carbons (Fsp3) is 0.360. The van der Waals surface area contributed by atoms with E-state index in [1.807, 2.05) is 29.0 Å². The van der Waals surface area contributed by atoms with Gasteiger partial charge < -0.3 is 29.6 Å². The summed E-state index contributed by atoms with van der Waals surface area (Å²) < 4.78 is 18.5. The zero-order chi connectivity index (χ0) is 24.7. The SMILES string of the molecule is COc1ccc(CNc2ncnc3c2c(-c2noc(C4CC4)c2C(N)=O)cn3C(C)C)c(OC)c1. The number of nitrogens with two attached hydrogens (primary N) is 1. The van der Waals surface area contributed by atoms with Gasteiger partial charge in [-0.15, -0.1) is 0 Å². The molecule has 1 aliphatic carbocycles. The molecule has 10 nitrogen and oxygen atoms in total. The van der Waals surface area contributed by atoms with Crippen LogP contribution in [0.4, 0.5) is 5.82 Å². The number of nitrogens with zero attached hydrogens (tertiary/aromatic N) is 4. The van der Waals surface area contributed by atoms with Crippen molar-refractivity contribution in [2.45, 2.75) is 45.2 Å². The van der Waals surface area contributed by atoms with Gasteiger partial charge in [-0.05, 0) is 38.8 Å². The Morgan fingerprint density at radius 1 is 1.26 bits per heavy atom. The Kier molecular flexibility index (Phi) is 5.80. The molecule has 3 heterocycles. The van der Waals surface area contributed by atoms with Gasteiger partial charge in [-0.1, -0.05) is 5.16 Å².